The summed E-state index contributed by atoms with van der Waals surface area (Å²) >= 11 is 0. The average Bonchev–Trinajstić information content (AvgIpc) is 3.41. The summed E-state index contributed by atoms with van der Waals surface area (Å²) in [5.41, 5.74) is 5.74. The van der Waals surface area contributed by atoms with Gasteiger partial charge in [0.1, 0.15) is 11.5 Å². The molecule has 1 N–H and O–H groups in total. The van der Waals surface area contributed by atoms with Crippen LogP contribution in [-0.4, -0.2) is 19.5 Å². The van der Waals surface area contributed by atoms with Gasteiger partial charge < -0.3 is 9.55 Å². The second-order valence-electron chi connectivity index (χ2n) is 7.04. The van der Waals surface area contributed by atoms with Crippen LogP contribution < -0.4 is 0 Å². The van der Waals surface area contributed by atoms with Gasteiger partial charge in [0.15, 0.2) is 0 Å². The van der Waals surface area contributed by atoms with Gasteiger partial charge in [-0.25, -0.2) is 14.4 Å². The molecule has 0 radical (unpaired) electrons. The van der Waals surface area contributed by atoms with E-state index < -0.39 is 0 Å². The highest BCUT2D eigenvalue weighted by Crippen LogP contribution is 2.37. The Morgan fingerprint density at radius 3 is 2.52 bits per heavy atom. The SMILES string of the molecule is CC(c1ccccc1)n1cnc(-c2ccc(F)cc2)c1-c1ccnc2[nH]ccc12. The number of hydrogen-bond donors (Lipinski definition) is 1. The summed E-state index contributed by atoms with van der Waals surface area (Å²) in [5.74, 6) is -0.260. The second kappa shape index (κ2) is 7.02. The Morgan fingerprint density at radius 2 is 1.72 bits per heavy atom. The highest BCUT2D eigenvalue weighted by atomic mass is 19.1. The minimum Gasteiger partial charge on any atom is -0.346 e. The summed E-state index contributed by atoms with van der Waals surface area (Å²) in [7, 11) is 0. The summed E-state index contributed by atoms with van der Waals surface area (Å²) < 4.78 is 15.7. The first-order chi connectivity index (χ1) is 14.2. The third-order valence-corrected chi connectivity index (χ3v) is 5.33. The lowest BCUT2D eigenvalue weighted by Gasteiger charge is -2.18. The summed E-state index contributed by atoms with van der Waals surface area (Å²) in [6.45, 7) is 2.16. The Hall–Kier alpha value is -3.73. The maximum atomic E-state index is 13.5. The van der Waals surface area contributed by atoms with Crippen LogP contribution in [0.15, 0.2) is 85.5 Å². The van der Waals surface area contributed by atoms with Crippen molar-refractivity contribution < 1.29 is 4.39 Å². The number of rotatable bonds is 4. The molecule has 1 unspecified atom stereocenters. The number of hydrogen-bond acceptors (Lipinski definition) is 2. The first kappa shape index (κ1) is 17.4. The summed E-state index contributed by atoms with van der Waals surface area (Å²) in [5, 5.41) is 1.03. The van der Waals surface area contributed by atoms with E-state index in [1.165, 1.54) is 17.7 Å². The zero-order valence-electron chi connectivity index (χ0n) is 15.9. The molecule has 4 nitrogen and oxygen atoms in total. The quantitative estimate of drug-likeness (QED) is 0.424. The Labute approximate surface area is 167 Å². The van der Waals surface area contributed by atoms with Crippen LogP contribution in [0.3, 0.4) is 0 Å². The zero-order chi connectivity index (χ0) is 19.8. The van der Waals surface area contributed by atoms with Gasteiger partial charge in [-0.2, -0.15) is 0 Å². The van der Waals surface area contributed by atoms with Gasteiger partial charge in [-0.05, 0) is 48.9 Å². The topological polar surface area (TPSA) is 46.5 Å². The molecule has 5 aromatic rings. The van der Waals surface area contributed by atoms with Gasteiger partial charge in [0.05, 0.1) is 23.8 Å². The smallest absolute Gasteiger partial charge is 0.137 e. The van der Waals surface area contributed by atoms with E-state index in [2.05, 4.69) is 33.6 Å². The Balaban J connectivity index is 1.76. The van der Waals surface area contributed by atoms with Crippen LogP contribution in [-0.2, 0) is 0 Å². The minimum absolute atomic E-state index is 0.0788. The first-order valence-electron chi connectivity index (χ1n) is 9.52. The molecule has 0 amide bonds. The Morgan fingerprint density at radius 1 is 0.931 bits per heavy atom. The number of aromatic amines is 1. The molecule has 0 bridgehead atoms. The van der Waals surface area contributed by atoms with Gasteiger partial charge in [-0.3, -0.25) is 0 Å². The van der Waals surface area contributed by atoms with Crippen molar-refractivity contribution >= 4 is 11.0 Å². The van der Waals surface area contributed by atoms with E-state index in [0.717, 1.165) is 33.5 Å². The molecule has 0 spiro atoms. The number of halogens is 1. The van der Waals surface area contributed by atoms with Crippen molar-refractivity contribution in [2.75, 3.05) is 0 Å². The van der Waals surface area contributed by atoms with Gasteiger partial charge in [-0.1, -0.05) is 30.3 Å². The minimum atomic E-state index is -0.260. The van der Waals surface area contributed by atoms with Crippen molar-refractivity contribution in [1.29, 1.82) is 0 Å². The molecule has 3 aromatic heterocycles. The largest absolute Gasteiger partial charge is 0.346 e. The molecule has 3 heterocycles. The van der Waals surface area contributed by atoms with Crippen molar-refractivity contribution in [3.8, 4) is 22.5 Å². The van der Waals surface area contributed by atoms with Crippen molar-refractivity contribution in [3.63, 3.8) is 0 Å². The lowest BCUT2D eigenvalue weighted by molar-refractivity contribution is 0.628. The fraction of sp³-hybridized carbons (Fsp3) is 0.0833. The molecule has 0 aliphatic rings. The van der Waals surface area contributed by atoms with Crippen LogP contribution in [0.2, 0.25) is 0 Å². The number of fused-ring (bicyclic) bond motifs is 1. The number of aromatic nitrogens is 4. The molecule has 0 saturated carbocycles. The van der Waals surface area contributed by atoms with Gasteiger partial charge >= 0.3 is 0 Å². The van der Waals surface area contributed by atoms with Crippen LogP contribution in [0.1, 0.15) is 18.5 Å². The summed E-state index contributed by atoms with van der Waals surface area (Å²) in [6.07, 6.45) is 5.55. The predicted octanol–water partition coefficient (Wildman–Crippen LogP) is 5.84. The molecule has 1 atom stereocenters. The molecule has 0 fully saturated rings. The molecule has 5 rings (SSSR count). The van der Waals surface area contributed by atoms with Crippen molar-refractivity contribution in [1.82, 2.24) is 19.5 Å². The van der Waals surface area contributed by atoms with Gasteiger partial charge in [0, 0.05) is 28.9 Å². The molecule has 0 aliphatic carbocycles. The monoisotopic (exact) mass is 382 g/mol. The van der Waals surface area contributed by atoms with Crippen LogP contribution in [0.25, 0.3) is 33.5 Å². The highest BCUT2D eigenvalue weighted by Gasteiger charge is 2.21. The van der Waals surface area contributed by atoms with E-state index in [0.29, 0.717) is 0 Å². The number of nitrogens with zero attached hydrogens (tertiary/aromatic N) is 3. The first-order valence-corrected chi connectivity index (χ1v) is 9.52. The molecule has 0 saturated heterocycles. The lowest BCUT2D eigenvalue weighted by Crippen LogP contribution is -2.07. The number of benzene rings is 2. The number of H-pyrrole nitrogens is 1. The summed E-state index contributed by atoms with van der Waals surface area (Å²) in [6, 6.07) is 20.9. The van der Waals surface area contributed by atoms with E-state index >= 15 is 0 Å². The number of nitrogens with one attached hydrogen (secondary N) is 1. The van der Waals surface area contributed by atoms with Crippen LogP contribution in [0.5, 0.6) is 0 Å². The second-order valence-corrected chi connectivity index (χ2v) is 7.04. The molecule has 5 heteroatoms. The van der Waals surface area contributed by atoms with Crippen LogP contribution in [0, 0.1) is 5.82 Å². The standard InChI is InChI=1S/C24H19FN4/c1-16(17-5-3-2-4-6-17)29-15-28-22(18-7-9-19(25)10-8-18)23(29)20-11-13-26-24-21(20)12-14-27-24/h2-16H,1H3,(H,26,27). The third kappa shape index (κ3) is 3.01. The highest BCUT2D eigenvalue weighted by molar-refractivity contribution is 5.95. The molecule has 0 aliphatic heterocycles. The number of pyridine rings is 1. The van der Waals surface area contributed by atoms with E-state index in [9.17, 15) is 4.39 Å². The molecule has 2 aromatic carbocycles. The van der Waals surface area contributed by atoms with Crippen molar-refractivity contribution in [3.05, 3.63) is 96.8 Å². The Kier molecular flexibility index (Phi) is 4.21. The fourth-order valence-electron chi connectivity index (χ4n) is 3.80. The van der Waals surface area contributed by atoms with E-state index in [4.69, 9.17) is 4.98 Å². The van der Waals surface area contributed by atoms with E-state index in [-0.39, 0.29) is 11.9 Å². The molecular formula is C24H19FN4. The maximum Gasteiger partial charge on any atom is 0.137 e. The molecular weight excluding hydrogens is 363 g/mol. The van der Waals surface area contributed by atoms with Gasteiger partial charge in [0.2, 0.25) is 0 Å². The van der Waals surface area contributed by atoms with Crippen molar-refractivity contribution in [2.45, 2.75) is 13.0 Å². The van der Waals surface area contributed by atoms with Crippen molar-refractivity contribution in [2.24, 2.45) is 0 Å². The lowest BCUT2D eigenvalue weighted by atomic mass is 10.0. The number of imidazole rings is 1. The zero-order valence-corrected chi connectivity index (χ0v) is 15.9. The van der Waals surface area contributed by atoms with Crippen LogP contribution in [0.4, 0.5) is 4.39 Å². The summed E-state index contributed by atoms with van der Waals surface area (Å²) in [4.78, 5) is 12.3. The normalized spacial score (nSPS) is 12.3. The average molecular weight is 382 g/mol. The van der Waals surface area contributed by atoms with E-state index in [1.54, 1.807) is 18.3 Å². The fourth-order valence-corrected chi connectivity index (χ4v) is 3.80. The van der Waals surface area contributed by atoms with Crippen LogP contribution >= 0.6 is 0 Å². The third-order valence-electron chi connectivity index (χ3n) is 5.33. The van der Waals surface area contributed by atoms with E-state index in [1.807, 2.05) is 42.9 Å². The molecule has 29 heavy (non-hydrogen) atoms. The van der Waals surface area contributed by atoms with Gasteiger partial charge in [-0.15, -0.1) is 0 Å². The Bertz CT molecular complexity index is 1270. The van der Waals surface area contributed by atoms with Gasteiger partial charge in [0.25, 0.3) is 0 Å². The molecule has 142 valence electrons. The maximum absolute atomic E-state index is 13.5. The predicted molar refractivity (Wildman–Crippen MR) is 113 cm³/mol.